The summed E-state index contributed by atoms with van der Waals surface area (Å²) in [6, 6.07) is 29.1. The predicted molar refractivity (Wildman–Crippen MR) is 161 cm³/mol. The van der Waals surface area contributed by atoms with E-state index >= 15 is 0 Å². The number of thioether (sulfide) groups is 2. The highest BCUT2D eigenvalue weighted by atomic mass is 32.2. The number of carbonyl (C=O) groups is 1. The van der Waals surface area contributed by atoms with Crippen LogP contribution >= 0.6 is 34.9 Å². The maximum atomic E-state index is 12.5. The number of aromatic nitrogens is 2. The van der Waals surface area contributed by atoms with Crippen LogP contribution < -0.4 is 11.1 Å². The van der Waals surface area contributed by atoms with E-state index < -0.39 is 0 Å². The second-order valence-electron chi connectivity index (χ2n) is 9.25. The van der Waals surface area contributed by atoms with Crippen LogP contribution in [-0.4, -0.2) is 21.6 Å². The number of nitrogen functional groups attached to an aromatic ring is 1. The van der Waals surface area contributed by atoms with Crippen LogP contribution in [0.3, 0.4) is 0 Å². The van der Waals surface area contributed by atoms with Crippen LogP contribution in [0.1, 0.15) is 37.6 Å². The summed E-state index contributed by atoms with van der Waals surface area (Å²) in [5, 5.41) is 4.92. The molecule has 1 aliphatic heterocycles. The summed E-state index contributed by atoms with van der Waals surface area (Å²) in [5.74, 6) is 0.597. The fraction of sp³-hybridized carbons (Fsp3) is 0.167. The second-order valence-corrected chi connectivity index (χ2v) is 12.5. The Balaban J connectivity index is 1.30. The minimum Gasteiger partial charge on any atom is -0.383 e. The fourth-order valence-electron chi connectivity index (χ4n) is 4.71. The minimum atomic E-state index is -0.0992. The Labute approximate surface area is 234 Å². The molecule has 38 heavy (non-hydrogen) atoms. The molecule has 5 nitrogen and oxygen atoms in total. The van der Waals surface area contributed by atoms with E-state index in [1.807, 2.05) is 43.0 Å². The second kappa shape index (κ2) is 10.8. The molecule has 1 aliphatic rings. The van der Waals surface area contributed by atoms with Gasteiger partial charge in [-0.1, -0.05) is 90.1 Å². The normalized spacial score (nSPS) is 16.8. The van der Waals surface area contributed by atoms with Gasteiger partial charge >= 0.3 is 0 Å². The first-order valence-corrected chi connectivity index (χ1v) is 15.1. The molecule has 3 aromatic carbocycles. The van der Waals surface area contributed by atoms with E-state index in [1.54, 1.807) is 11.3 Å². The number of hydrogen-bond donors (Lipinski definition) is 2. The number of hydrogen-bond acceptors (Lipinski definition) is 7. The first kappa shape index (κ1) is 25.0. The van der Waals surface area contributed by atoms with Crippen LogP contribution in [0, 0.1) is 6.92 Å². The van der Waals surface area contributed by atoms with Gasteiger partial charge in [0, 0.05) is 15.8 Å². The Bertz CT molecular complexity index is 1590. The lowest BCUT2D eigenvalue weighted by Gasteiger charge is -2.30. The van der Waals surface area contributed by atoms with Crippen molar-refractivity contribution in [3.63, 3.8) is 0 Å². The van der Waals surface area contributed by atoms with Gasteiger partial charge in [0.15, 0.2) is 5.16 Å². The van der Waals surface area contributed by atoms with Crippen LogP contribution in [0.2, 0.25) is 0 Å². The molecule has 2 unspecified atom stereocenters. The first-order valence-electron chi connectivity index (χ1n) is 12.4. The van der Waals surface area contributed by atoms with E-state index in [0.29, 0.717) is 16.2 Å². The Morgan fingerprint density at radius 3 is 2.37 bits per heavy atom. The SMILES string of the molecule is Cc1ccc(NC(=O)CSc2nc(N)c3c4c(sc3n2)C(c2ccccc2)SC(c2ccccc2)C4)cc1. The van der Waals surface area contributed by atoms with E-state index in [-0.39, 0.29) is 16.9 Å². The summed E-state index contributed by atoms with van der Waals surface area (Å²) in [6.07, 6.45) is 0.881. The van der Waals surface area contributed by atoms with Gasteiger partial charge in [-0.15, -0.1) is 23.1 Å². The number of nitrogens with two attached hydrogens (primary N) is 1. The van der Waals surface area contributed by atoms with Gasteiger partial charge in [-0.3, -0.25) is 4.79 Å². The maximum Gasteiger partial charge on any atom is 0.234 e. The van der Waals surface area contributed by atoms with Crippen molar-refractivity contribution in [1.82, 2.24) is 9.97 Å². The summed E-state index contributed by atoms with van der Waals surface area (Å²) in [5.41, 5.74) is 12.3. The number of nitrogens with zero attached hydrogens (tertiary/aromatic N) is 2. The van der Waals surface area contributed by atoms with Crippen molar-refractivity contribution in [1.29, 1.82) is 0 Å². The van der Waals surface area contributed by atoms with Gasteiger partial charge in [0.1, 0.15) is 10.6 Å². The quantitative estimate of drug-likeness (QED) is 0.168. The van der Waals surface area contributed by atoms with Gasteiger partial charge in [0.25, 0.3) is 0 Å². The zero-order valence-electron chi connectivity index (χ0n) is 20.8. The average molecular weight is 555 g/mol. The highest BCUT2D eigenvalue weighted by Crippen LogP contribution is 2.55. The summed E-state index contributed by atoms with van der Waals surface area (Å²) >= 11 is 4.99. The predicted octanol–water partition coefficient (Wildman–Crippen LogP) is 7.43. The largest absolute Gasteiger partial charge is 0.383 e. The van der Waals surface area contributed by atoms with Gasteiger partial charge in [-0.25, -0.2) is 9.97 Å². The van der Waals surface area contributed by atoms with Crippen molar-refractivity contribution < 1.29 is 4.79 Å². The number of fused-ring (bicyclic) bond motifs is 3. The maximum absolute atomic E-state index is 12.5. The number of aryl methyl sites for hydroxylation is 1. The molecule has 1 amide bonds. The molecule has 3 heterocycles. The Morgan fingerprint density at radius 1 is 0.974 bits per heavy atom. The van der Waals surface area contributed by atoms with Crippen LogP contribution in [0.4, 0.5) is 11.5 Å². The molecule has 0 aliphatic carbocycles. The number of thiophene rings is 1. The molecule has 2 atom stereocenters. The van der Waals surface area contributed by atoms with Gasteiger partial charge in [-0.2, -0.15) is 0 Å². The molecule has 0 bridgehead atoms. The molecule has 8 heteroatoms. The van der Waals surface area contributed by atoms with Gasteiger partial charge in [0.2, 0.25) is 5.91 Å². The Hall–Kier alpha value is -3.33. The van der Waals surface area contributed by atoms with Crippen molar-refractivity contribution in [2.75, 3.05) is 16.8 Å². The van der Waals surface area contributed by atoms with E-state index in [2.05, 4.69) is 71.0 Å². The van der Waals surface area contributed by atoms with E-state index in [9.17, 15) is 4.79 Å². The molecule has 0 saturated carbocycles. The summed E-state index contributed by atoms with van der Waals surface area (Å²) in [7, 11) is 0. The molecule has 0 radical (unpaired) electrons. The van der Waals surface area contributed by atoms with Crippen LogP contribution in [0.25, 0.3) is 10.2 Å². The molecule has 3 N–H and O–H groups in total. The van der Waals surface area contributed by atoms with Gasteiger partial charge in [-0.05, 0) is 42.2 Å². The highest BCUT2D eigenvalue weighted by Gasteiger charge is 2.34. The summed E-state index contributed by atoms with van der Waals surface area (Å²) in [6.45, 7) is 2.02. The Kier molecular flexibility index (Phi) is 7.10. The Morgan fingerprint density at radius 2 is 1.66 bits per heavy atom. The number of rotatable bonds is 6. The molecule has 0 saturated heterocycles. The monoisotopic (exact) mass is 554 g/mol. The van der Waals surface area contributed by atoms with Crippen LogP contribution in [0.5, 0.6) is 0 Å². The first-order chi connectivity index (χ1) is 18.5. The number of carbonyl (C=O) groups excluding carboxylic acids is 1. The van der Waals surface area contributed by atoms with Crippen LogP contribution in [0.15, 0.2) is 90.1 Å². The lowest BCUT2D eigenvalue weighted by Crippen LogP contribution is -2.14. The molecule has 0 spiro atoms. The third kappa shape index (κ3) is 5.16. The molecular weight excluding hydrogens is 529 g/mol. The number of benzene rings is 3. The molecule has 2 aromatic heterocycles. The topological polar surface area (TPSA) is 80.9 Å². The zero-order chi connectivity index (χ0) is 26.1. The average Bonchev–Trinajstić information content (AvgIpc) is 3.32. The standard InChI is InChI=1S/C30H26N4OS3/c1-18-12-14-21(15-13-18)32-24(35)17-36-30-33-28(31)25-22-16-23(19-8-4-2-5-9-19)37-26(20-10-6-3-7-11-20)27(22)38-29(25)34-30/h2-15,23,26H,16-17H2,1H3,(H,32,35)(H2,31,33,34). The lowest BCUT2D eigenvalue weighted by molar-refractivity contribution is -0.113. The molecular formula is C30H26N4OS3. The van der Waals surface area contributed by atoms with Gasteiger partial charge in [0.05, 0.1) is 16.4 Å². The number of nitrogens with one attached hydrogen (secondary N) is 1. The van der Waals surface area contributed by atoms with E-state index in [1.165, 1.54) is 33.3 Å². The van der Waals surface area contributed by atoms with Crippen molar-refractivity contribution in [3.8, 4) is 0 Å². The number of amides is 1. The molecule has 190 valence electrons. The summed E-state index contributed by atoms with van der Waals surface area (Å²) < 4.78 is 0. The highest BCUT2D eigenvalue weighted by molar-refractivity contribution is 8.00. The minimum absolute atomic E-state index is 0.0992. The van der Waals surface area contributed by atoms with Crippen molar-refractivity contribution in [2.24, 2.45) is 0 Å². The van der Waals surface area contributed by atoms with E-state index in [4.69, 9.17) is 10.7 Å². The molecule has 6 rings (SSSR count). The van der Waals surface area contributed by atoms with E-state index in [0.717, 1.165) is 27.9 Å². The fourth-order valence-corrected chi connectivity index (χ4v) is 8.43. The lowest BCUT2D eigenvalue weighted by atomic mass is 9.98. The zero-order valence-corrected chi connectivity index (χ0v) is 23.2. The third-order valence-electron chi connectivity index (χ3n) is 6.56. The molecule has 5 aromatic rings. The van der Waals surface area contributed by atoms with Crippen LogP contribution in [-0.2, 0) is 11.2 Å². The molecule has 0 fully saturated rings. The third-order valence-corrected chi connectivity index (χ3v) is 10.3. The smallest absolute Gasteiger partial charge is 0.234 e. The van der Waals surface area contributed by atoms with Crippen molar-refractivity contribution in [3.05, 3.63) is 112 Å². The van der Waals surface area contributed by atoms with Crippen molar-refractivity contribution >= 4 is 62.5 Å². The van der Waals surface area contributed by atoms with Gasteiger partial charge < -0.3 is 11.1 Å². The summed E-state index contributed by atoms with van der Waals surface area (Å²) in [4.78, 5) is 24.2. The number of anilines is 2. The van der Waals surface area contributed by atoms with Crippen molar-refractivity contribution in [2.45, 2.75) is 29.0 Å².